The lowest BCUT2D eigenvalue weighted by Crippen LogP contribution is -2.43. The van der Waals surface area contributed by atoms with Crippen LogP contribution in [0.1, 0.15) is 24.0 Å². The Balaban J connectivity index is 1.73. The minimum Gasteiger partial charge on any atom is -0.392 e. The number of piperidine rings is 1. The van der Waals surface area contributed by atoms with E-state index in [2.05, 4.69) is 39.2 Å². The van der Waals surface area contributed by atoms with Crippen LogP contribution in [0.2, 0.25) is 0 Å². The van der Waals surface area contributed by atoms with Gasteiger partial charge in [-0.2, -0.15) is 0 Å². The topological polar surface area (TPSA) is 61.3 Å². The van der Waals surface area contributed by atoms with Gasteiger partial charge in [0.25, 0.3) is 0 Å². The molecule has 1 N–H and O–H groups in total. The summed E-state index contributed by atoms with van der Waals surface area (Å²) in [6, 6.07) is 14.2. The Kier molecular flexibility index (Phi) is 6.25. The number of nitrogens with zero attached hydrogens (tertiary/aromatic N) is 6. The number of fused-ring (bicyclic) bond motifs is 1. The first-order valence-corrected chi connectivity index (χ1v) is 12.0. The van der Waals surface area contributed by atoms with Crippen molar-refractivity contribution in [1.82, 2.24) is 19.3 Å². The lowest BCUT2D eigenvalue weighted by atomic mass is 9.94. The summed E-state index contributed by atoms with van der Waals surface area (Å²) in [5.41, 5.74) is 6.88. The highest BCUT2D eigenvalue weighted by atomic mass is 16.3. The van der Waals surface area contributed by atoms with Crippen molar-refractivity contribution in [2.45, 2.75) is 32.4 Å². The van der Waals surface area contributed by atoms with Gasteiger partial charge in [-0.3, -0.25) is 4.40 Å². The van der Waals surface area contributed by atoms with Crippen molar-refractivity contribution in [2.75, 3.05) is 32.1 Å². The summed E-state index contributed by atoms with van der Waals surface area (Å²) in [7, 11) is 4.29. The van der Waals surface area contributed by atoms with E-state index in [1.165, 1.54) is 0 Å². The first kappa shape index (κ1) is 23.0. The molecule has 3 heterocycles. The van der Waals surface area contributed by atoms with Gasteiger partial charge in [-0.25, -0.2) is 14.8 Å². The highest BCUT2D eigenvalue weighted by molar-refractivity contribution is 5.92. The van der Waals surface area contributed by atoms with Crippen molar-refractivity contribution in [1.29, 1.82) is 0 Å². The third kappa shape index (κ3) is 4.27. The summed E-state index contributed by atoms with van der Waals surface area (Å²) < 4.78 is 2.07. The third-order valence-corrected chi connectivity index (χ3v) is 6.98. The SMILES string of the molecule is [C-]#[N+]c1ccc(-c2nc(N3CCC(N(C)C)CC3)n3ccnc3c2-c2ccc(C)cc2CO)cc1. The molecule has 1 saturated heterocycles. The van der Waals surface area contributed by atoms with Gasteiger partial charge in [-0.15, -0.1) is 0 Å². The number of hydrogen-bond acceptors (Lipinski definition) is 5. The number of aliphatic hydroxyl groups is 1. The largest absolute Gasteiger partial charge is 0.392 e. The average molecular weight is 467 g/mol. The van der Waals surface area contributed by atoms with Gasteiger partial charge in [-0.1, -0.05) is 48.0 Å². The van der Waals surface area contributed by atoms with E-state index in [1.54, 1.807) is 0 Å². The smallest absolute Gasteiger partial charge is 0.211 e. The molecule has 0 spiro atoms. The number of aliphatic hydroxyl groups excluding tert-OH is 1. The standard InChI is InChI=1S/C28H30N6O/c1-19-5-10-24(21(17-19)18-35)25-26(20-6-8-22(29-2)9-7-20)31-28(34-16-13-30-27(25)34)33-14-11-23(12-15-33)32(3)4/h5-10,13,16-17,23,35H,11-12,14-15,18H2,1,3-4H3. The Labute approximate surface area is 206 Å². The van der Waals surface area contributed by atoms with E-state index in [1.807, 2.05) is 55.7 Å². The normalized spacial score (nSPS) is 14.6. The van der Waals surface area contributed by atoms with Gasteiger partial charge in [0.1, 0.15) is 5.65 Å². The predicted octanol–water partition coefficient (Wildman–Crippen LogP) is 4.95. The van der Waals surface area contributed by atoms with Crippen LogP contribution in [0, 0.1) is 13.5 Å². The third-order valence-electron chi connectivity index (χ3n) is 6.98. The molecule has 35 heavy (non-hydrogen) atoms. The van der Waals surface area contributed by atoms with E-state index < -0.39 is 0 Å². The zero-order chi connectivity index (χ0) is 24.5. The van der Waals surface area contributed by atoms with Crippen LogP contribution in [-0.4, -0.2) is 57.6 Å². The number of rotatable bonds is 5. The van der Waals surface area contributed by atoms with Crippen molar-refractivity contribution in [3.05, 3.63) is 77.4 Å². The van der Waals surface area contributed by atoms with Gasteiger partial charge in [0.15, 0.2) is 5.69 Å². The maximum Gasteiger partial charge on any atom is 0.211 e. The molecule has 0 unspecified atom stereocenters. The van der Waals surface area contributed by atoms with Crippen LogP contribution in [0.5, 0.6) is 0 Å². The van der Waals surface area contributed by atoms with Crippen LogP contribution in [0.25, 0.3) is 32.9 Å². The van der Waals surface area contributed by atoms with E-state index in [9.17, 15) is 5.11 Å². The van der Waals surface area contributed by atoms with Crippen molar-refractivity contribution in [2.24, 2.45) is 0 Å². The first-order chi connectivity index (χ1) is 17.0. The molecule has 1 fully saturated rings. The Hall–Kier alpha value is -3.73. The Morgan fingerprint density at radius 3 is 2.51 bits per heavy atom. The second-order valence-electron chi connectivity index (χ2n) is 9.42. The van der Waals surface area contributed by atoms with E-state index in [0.29, 0.717) is 11.7 Å². The van der Waals surface area contributed by atoms with Crippen molar-refractivity contribution in [3.63, 3.8) is 0 Å². The second-order valence-corrected chi connectivity index (χ2v) is 9.42. The molecule has 0 aliphatic carbocycles. The average Bonchev–Trinajstić information content (AvgIpc) is 3.38. The lowest BCUT2D eigenvalue weighted by molar-refractivity contribution is 0.249. The van der Waals surface area contributed by atoms with Crippen LogP contribution >= 0.6 is 0 Å². The van der Waals surface area contributed by atoms with Gasteiger partial charge < -0.3 is 14.9 Å². The molecule has 0 saturated carbocycles. The minimum atomic E-state index is -0.0697. The fraction of sp³-hybridized carbons (Fsp3) is 0.321. The van der Waals surface area contributed by atoms with Gasteiger partial charge in [0, 0.05) is 31.5 Å². The molecule has 0 radical (unpaired) electrons. The minimum absolute atomic E-state index is 0.0697. The molecule has 0 atom stereocenters. The Morgan fingerprint density at radius 1 is 1.11 bits per heavy atom. The highest BCUT2D eigenvalue weighted by Crippen LogP contribution is 2.39. The lowest BCUT2D eigenvalue weighted by Gasteiger charge is -2.36. The highest BCUT2D eigenvalue weighted by Gasteiger charge is 2.26. The summed E-state index contributed by atoms with van der Waals surface area (Å²) in [6.07, 6.45) is 5.94. The van der Waals surface area contributed by atoms with Gasteiger partial charge in [0.05, 0.1) is 24.4 Å². The van der Waals surface area contributed by atoms with Crippen LogP contribution in [0.3, 0.4) is 0 Å². The quantitative estimate of drug-likeness (QED) is 0.422. The fourth-order valence-corrected chi connectivity index (χ4v) is 5.02. The number of imidazole rings is 1. The van der Waals surface area contributed by atoms with Gasteiger partial charge >= 0.3 is 0 Å². The van der Waals surface area contributed by atoms with E-state index in [0.717, 1.165) is 71.0 Å². The molecule has 2 aromatic heterocycles. The second kappa shape index (κ2) is 9.49. The number of aryl methyl sites for hydroxylation is 1. The molecular weight excluding hydrogens is 436 g/mol. The van der Waals surface area contributed by atoms with Crippen molar-refractivity contribution >= 4 is 17.3 Å². The molecule has 7 heteroatoms. The summed E-state index contributed by atoms with van der Waals surface area (Å²) in [6.45, 7) is 11.1. The molecule has 2 aromatic carbocycles. The van der Waals surface area contributed by atoms with E-state index in [4.69, 9.17) is 16.5 Å². The summed E-state index contributed by atoms with van der Waals surface area (Å²) >= 11 is 0. The van der Waals surface area contributed by atoms with Crippen molar-refractivity contribution in [3.8, 4) is 22.4 Å². The predicted molar refractivity (Wildman–Crippen MR) is 140 cm³/mol. The zero-order valence-electron chi connectivity index (χ0n) is 20.4. The maximum atomic E-state index is 10.2. The van der Waals surface area contributed by atoms with Gasteiger partial charge in [-0.05, 0) is 50.6 Å². The molecule has 4 aromatic rings. The molecule has 0 bridgehead atoms. The Morgan fingerprint density at radius 2 is 1.86 bits per heavy atom. The van der Waals surface area contributed by atoms with E-state index in [-0.39, 0.29) is 6.61 Å². The fourth-order valence-electron chi connectivity index (χ4n) is 5.02. The van der Waals surface area contributed by atoms with Gasteiger partial charge in [0.2, 0.25) is 5.95 Å². The number of anilines is 1. The first-order valence-electron chi connectivity index (χ1n) is 12.0. The monoisotopic (exact) mass is 466 g/mol. The molecule has 5 rings (SSSR count). The number of benzene rings is 2. The Bertz CT molecular complexity index is 1390. The molecule has 178 valence electrons. The summed E-state index contributed by atoms with van der Waals surface area (Å²) in [5, 5.41) is 10.2. The maximum absolute atomic E-state index is 10.2. The molecule has 7 nitrogen and oxygen atoms in total. The van der Waals surface area contributed by atoms with Crippen LogP contribution < -0.4 is 4.90 Å². The summed E-state index contributed by atoms with van der Waals surface area (Å²) in [4.78, 5) is 18.2. The molecule has 0 amide bonds. The molecule has 1 aliphatic rings. The number of aromatic nitrogens is 3. The summed E-state index contributed by atoms with van der Waals surface area (Å²) in [5.74, 6) is 0.875. The van der Waals surface area contributed by atoms with Crippen LogP contribution in [-0.2, 0) is 6.61 Å². The van der Waals surface area contributed by atoms with E-state index >= 15 is 0 Å². The molecular formula is C28H30N6O. The number of hydrogen-bond donors (Lipinski definition) is 1. The van der Waals surface area contributed by atoms with Crippen molar-refractivity contribution < 1.29 is 5.11 Å². The van der Waals surface area contributed by atoms with Crippen LogP contribution in [0.15, 0.2) is 54.9 Å². The zero-order valence-corrected chi connectivity index (χ0v) is 20.4. The van der Waals surface area contributed by atoms with Crippen LogP contribution in [0.4, 0.5) is 11.6 Å². The molecule has 1 aliphatic heterocycles.